The summed E-state index contributed by atoms with van der Waals surface area (Å²) < 4.78 is 16.2. The van der Waals surface area contributed by atoms with Crippen LogP contribution in [0.15, 0.2) is 30.3 Å². The number of carboxylic acid groups (broad SMARTS) is 1. The van der Waals surface area contributed by atoms with Crippen LogP contribution in [0.5, 0.6) is 0 Å². The molecule has 4 N–H and O–H groups in total. The lowest BCUT2D eigenvalue weighted by Crippen LogP contribution is -2.53. The van der Waals surface area contributed by atoms with Gasteiger partial charge in [0.1, 0.15) is 18.4 Å². The summed E-state index contributed by atoms with van der Waals surface area (Å²) in [5.41, 5.74) is 5.83. The number of nitrogens with one attached hydrogen (secondary N) is 1. The third-order valence-corrected chi connectivity index (χ3v) is 7.94. The molecule has 2 fully saturated rings. The molecule has 1 aliphatic carbocycles. The Hall–Kier alpha value is -3.99. The number of carbonyl (C=O) groups excluding carboxylic acids is 3. The summed E-state index contributed by atoms with van der Waals surface area (Å²) in [5, 5.41) is 16.7. The fraction of sp³-hybridized carbons (Fsp3) is 0.346. The molecule has 38 heavy (non-hydrogen) atoms. The monoisotopic (exact) mass is 541 g/mol. The van der Waals surface area contributed by atoms with Crippen LogP contribution in [0.4, 0.5) is 4.39 Å². The van der Waals surface area contributed by atoms with Gasteiger partial charge in [0.2, 0.25) is 11.8 Å². The summed E-state index contributed by atoms with van der Waals surface area (Å²) in [6.07, 6.45) is 2.16. The molecule has 198 valence electrons. The number of carbonyl (C=O) groups is 4. The molecular weight excluding hydrogens is 517 g/mol. The number of hydrogen-bond donors (Lipinski definition) is 3. The number of fused-ring (bicyclic) bond motifs is 3. The standard InChI is InChI=1S/C26H25ClFN5O5/c1-12-8-16(26(37)38)17(21(28)20(12)27)10-30-25(36)23-13-6-7-14(9-13)33(23)19(34)11-32-18-5-3-2-4-15(18)22(31-32)24(29)35/h2-5,8,13-14,23H,6-7,9-11H2,1H3,(H2,29,35)(H,30,36)(H,37,38)/t13-,14+,23-/m0/s1. The molecule has 2 bridgehead atoms. The minimum Gasteiger partial charge on any atom is -0.478 e. The number of aromatic nitrogens is 2. The first-order valence-corrected chi connectivity index (χ1v) is 12.5. The Bertz CT molecular complexity index is 1500. The van der Waals surface area contributed by atoms with E-state index >= 15 is 0 Å². The van der Waals surface area contributed by atoms with Gasteiger partial charge in [0.05, 0.1) is 16.1 Å². The third-order valence-electron chi connectivity index (χ3n) is 7.48. The van der Waals surface area contributed by atoms with E-state index in [2.05, 4.69) is 10.4 Å². The fourth-order valence-corrected chi connectivity index (χ4v) is 5.93. The normalized spacial score (nSPS) is 20.2. The number of nitrogens with zero attached hydrogens (tertiary/aromatic N) is 3. The second kappa shape index (κ2) is 9.71. The van der Waals surface area contributed by atoms with Crippen molar-refractivity contribution < 1.29 is 28.7 Å². The van der Waals surface area contributed by atoms with E-state index in [1.165, 1.54) is 17.7 Å². The van der Waals surface area contributed by atoms with Crippen molar-refractivity contribution in [1.82, 2.24) is 20.0 Å². The maximum Gasteiger partial charge on any atom is 0.336 e. The van der Waals surface area contributed by atoms with Gasteiger partial charge in [-0.05, 0) is 49.8 Å². The second-order valence-electron chi connectivity index (χ2n) is 9.73. The lowest BCUT2D eigenvalue weighted by Gasteiger charge is -2.34. The molecule has 10 nitrogen and oxygen atoms in total. The van der Waals surface area contributed by atoms with Crippen molar-refractivity contribution in [3.63, 3.8) is 0 Å². The number of carboxylic acids is 1. The highest BCUT2D eigenvalue weighted by Crippen LogP contribution is 2.43. The van der Waals surface area contributed by atoms with E-state index in [9.17, 15) is 28.7 Å². The second-order valence-corrected chi connectivity index (χ2v) is 10.1. The summed E-state index contributed by atoms with van der Waals surface area (Å²) in [4.78, 5) is 51.9. The third kappa shape index (κ3) is 4.26. The van der Waals surface area contributed by atoms with Crippen molar-refractivity contribution in [3.05, 3.63) is 63.6 Å². The molecule has 1 aliphatic heterocycles. The molecule has 1 saturated carbocycles. The predicted molar refractivity (Wildman–Crippen MR) is 135 cm³/mol. The van der Waals surface area contributed by atoms with E-state index < -0.39 is 36.2 Å². The highest BCUT2D eigenvalue weighted by molar-refractivity contribution is 6.31. The maximum atomic E-state index is 14.8. The number of para-hydroxylation sites is 1. The number of amides is 3. The number of aromatic carboxylic acids is 1. The zero-order chi connectivity index (χ0) is 27.3. The van der Waals surface area contributed by atoms with Crippen LogP contribution in [0.3, 0.4) is 0 Å². The highest BCUT2D eigenvalue weighted by atomic mass is 35.5. The molecule has 0 spiro atoms. The van der Waals surface area contributed by atoms with Gasteiger partial charge in [-0.3, -0.25) is 19.1 Å². The highest BCUT2D eigenvalue weighted by Gasteiger charge is 2.51. The Morgan fingerprint density at radius 1 is 1.24 bits per heavy atom. The van der Waals surface area contributed by atoms with E-state index in [4.69, 9.17) is 17.3 Å². The average Bonchev–Trinajstić information content (AvgIpc) is 3.60. The number of piperidine rings is 1. The predicted octanol–water partition coefficient (Wildman–Crippen LogP) is 2.63. The summed E-state index contributed by atoms with van der Waals surface area (Å²) in [7, 11) is 0. The number of nitrogens with two attached hydrogens (primary N) is 1. The molecule has 2 heterocycles. The number of aryl methyl sites for hydroxylation is 1. The van der Waals surface area contributed by atoms with Crippen LogP contribution in [0.25, 0.3) is 10.9 Å². The maximum absolute atomic E-state index is 14.8. The number of halogens is 2. The minimum absolute atomic E-state index is 0.0543. The number of likely N-dealkylation sites (tertiary alicyclic amines) is 1. The van der Waals surface area contributed by atoms with Crippen molar-refractivity contribution in [3.8, 4) is 0 Å². The topological polar surface area (TPSA) is 148 Å². The van der Waals surface area contributed by atoms with Crippen molar-refractivity contribution >= 4 is 46.2 Å². The molecular formula is C26H25ClFN5O5. The number of primary amides is 1. The lowest BCUT2D eigenvalue weighted by atomic mass is 9.97. The van der Waals surface area contributed by atoms with E-state index in [-0.39, 0.29) is 51.8 Å². The van der Waals surface area contributed by atoms with Crippen LogP contribution in [0.2, 0.25) is 5.02 Å². The summed E-state index contributed by atoms with van der Waals surface area (Å²) in [5.74, 6) is -3.88. The van der Waals surface area contributed by atoms with Crippen LogP contribution >= 0.6 is 11.6 Å². The van der Waals surface area contributed by atoms with Gasteiger partial charge in [0.25, 0.3) is 5.91 Å². The quantitative estimate of drug-likeness (QED) is 0.419. The smallest absolute Gasteiger partial charge is 0.336 e. The molecule has 2 aromatic carbocycles. The van der Waals surface area contributed by atoms with Crippen LogP contribution < -0.4 is 11.1 Å². The molecule has 3 atom stereocenters. The van der Waals surface area contributed by atoms with E-state index in [1.54, 1.807) is 29.2 Å². The minimum atomic E-state index is -1.34. The van der Waals surface area contributed by atoms with Crippen LogP contribution in [0, 0.1) is 18.7 Å². The van der Waals surface area contributed by atoms with Gasteiger partial charge in [-0.2, -0.15) is 5.10 Å². The van der Waals surface area contributed by atoms with Gasteiger partial charge < -0.3 is 21.1 Å². The van der Waals surface area contributed by atoms with Crippen LogP contribution in [-0.4, -0.2) is 55.6 Å². The van der Waals surface area contributed by atoms with Gasteiger partial charge in [0, 0.05) is 23.5 Å². The Kier molecular flexibility index (Phi) is 6.56. The summed E-state index contributed by atoms with van der Waals surface area (Å²) in [6.45, 7) is 0.897. The number of hydrogen-bond acceptors (Lipinski definition) is 5. The summed E-state index contributed by atoms with van der Waals surface area (Å²) >= 11 is 5.99. The van der Waals surface area contributed by atoms with E-state index in [0.717, 1.165) is 12.8 Å². The van der Waals surface area contributed by atoms with Crippen LogP contribution in [0.1, 0.15) is 51.2 Å². The zero-order valence-corrected chi connectivity index (χ0v) is 21.2. The first-order valence-electron chi connectivity index (χ1n) is 12.1. The Morgan fingerprint density at radius 2 is 1.97 bits per heavy atom. The molecule has 2 aliphatic rings. The molecule has 0 radical (unpaired) electrons. The number of benzene rings is 2. The molecule has 1 aromatic heterocycles. The first kappa shape index (κ1) is 25.7. The lowest BCUT2D eigenvalue weighted by molar-refractivity contribution is -0.143. The fourth-order valence-electron chi connectivity index (χ4n) is 5.76. The van der Waals surface area contributed by atoms with Crippen molar-refractivity contribution in [2.24, 2.45) is 11.7 Å². The van der Waals surface area contributed by atoms with Crippen molar-refractivity contribution in [1.29, 1.82) is 0 Å². The zero-order valence-electron chi connectivity index (χ0n) is 20.4. The Balaban J connectivity index is 1.38. The van der Waals surface area contributed by atoms with Gasteiger partial charge >= 0.3 is 5.97 Å². The van der Waals surface area contributed by atoms with Crippen molar-refractivity contribution in [2.75, 3.05) is 0 Å². The Morgan fingerprint density at radius 3 is 2.68 bits per heavy atom. The van der Waals surface area contributed by atoms with Gasteiger partial charge in [0.15, 0.2) is 5.69 Å². The molecule has 3 amide bonds. The average molecular weight is 542 g/mol. The Labute approximate surface area is 221 Å². The first-order chi connectivity index (χ1) is 18.1. The molecule has 0 unspecified atom stereocenters. The van der Waals surface area contributed by atoms with E-state index in [1.807, 2.05) is 0 Å². The molecule has 3 aromatic rings. The molecule has 12 heteroatoms. The van der Waals surface area contributed by atoms with Gasteiger partial charge in [-0.25, -0.2) is 9.18 Å². The molecule has 5 rings (SSSR count). The van der Waals surface area contributed by atoms with Gasteiger partial charge in [-0.1, -0.05) is 29.8 Å². The van der Waals surface area contributed by atoms with E-state index in [0.29, 0.717) is 17.3 Å². The summed E-state index contributed by atoms with van der Waals surface area (Å²) in [6, 6.07) is 7.24. The molecule has 1 saturated heterocycles. The SMILES string of the molecule is Cc1cc(C(=O)O)c(CNC(=O)[C@@H]2[C@H]3CC[C@H](C3)N2C(=O)Cn2nc(C(N)=O)c3ccccc32)c(F)c1Cl. The van der Waals surface area contributed by atoms with Gasteiger partial charge in [-0.15, -0.1) is 0 Å². The number of rotatable bonds is 7. The van der Waals surface area contributed by atoms with Crippen molar-refractivity contribution in [2.45, 2.75) is 51.4 Å². The largest absolute Gasteiger partial charge is 0.478 e. The van der Waals surface area contributed by atoms with Crippen LogP contribution in [-0.2, 0) is 22.7 Å².